The largest absolute Gasteiger partial charge is 0.428 e. The highest BCUT2D eigenvalue weighted by Crippen LogP contribution is 2.02. The molecule has 1 aromatic heterocycles. The Labute approximate surface area is 59.5 Å². The van der Waals surface area contributed by atoms with Crippen LogP contribution in [0.4, 0.5) is 0 Å². The van der Waals surface area contributed by atoms with Crippen molar-refractivity contribution >= 4 is 0 Å². The first-order valence-electron chi connectivity index (χ1n) is 3.19. The molecule has 2 nitrogen and oxygen atoms in total. The number of hydrogen-bond donors (Lipinski definition) is 0. The average molecular weight is 138 g/mol. The van der Waals surface area contributed by atoms with Crippen LogP contribution in [0.1, 0.15) is 16.9 Å². The first kappa shape index (κ1) is 7.06. The second-order valence-corrected chi connectivity index (χ2v) is 2.45. The van der Waals surface area contributed by atoms with E-state index in [1.807, 2.05) is 13.0 Å². The van der Waals surface area contributed by atoms with Crippen molar-refractivity contribution in [3.8, 4) is 0 Å². The molecular weight excluding hydrogens is 128 g/mol. The molecule has 10 heavy (non-hydrogen) atoms. The molecule has 0 spiro atoms. The molecule has 54 valence electrons. The first-order valence-corrected chi connectivity index (χ1v) is 3.19. The second-order valence-electron chi connectivity index (χ2n) is 2.45. The second kappa shape index (κ2) is 2.29. The summed E-state index contributed by atoms with van der Waals surface area (Å²) in [5, 5.41) is 0. The van der Waals surface area contributed by atoms with Gasteiger partial charge in [-0.2, -0.15) is 0 Å². The summed E-state index contributed by atoms with van der Waals surface area (Å²) in [5.41, 5.74) is 1.47. The minimum absolute atomic E-state index is 0.225. The van der Waals surface area contributed by atoms with Crippen LogP contribution in [0.5, 0.6) is 0 Å². The monoisotopic (exact) mass is 138 g/mol. The summed E-state index contributed by atoms with van der Waals surface area (Å²) in [6.07, 6.45) is 0. The van der Waals surface area contributed by atoms with E-state index in [9.17, 15) is 4.79 Å². The van der Waals surface area contributed by atoms with Crippen LogP contribution < -0.4 is 5.63 Å². The predicted octanol–water partition coefficient (Wildman–Crippen LogP) is 1.57. The van der Waals surface area contributed by atoms with Gasteiger partial charge in [0.05, 0.1) is 0 Å². The fourth-order valence-corrected chi connectivity index (χ4v) is 0.826. The molecule has 0 aliphatic carbocycles. The van der Waals surface area contributed by atoms with E-state index in [1.165, 1.54) is 0 Å². The lowest BCUT2D eigenvalue weighted by atomic mass is 10.2. The van der Waals surface area contributed by atoms with Crippen molar-refractivity contribution in [3.05, 3.63) is 33.4 Å². The van der Waals surface area contributed by atoms with E-state index in [4.69, 9.17) is 4.42 Å². The molecule has 0 amide bonds. The molecule has 0 aliphatic rings. The lowest BCUT2D eigenvalue weighted by Crippen LogP contribution is -2.05. The zero-order chi connectivity index (χ0) is 7.72. The van der Waals surface area contributed by atoms with Crippen LogP contribution in [-0.4, -0.2) is 0 Å². The Morgan fingerprint density at radius 1 is 1.30 bits per heavy atom. The third kappa shape index (κ3) is 1.10. The van der Waals surface area contributed by atoms with Crippen LogP contribution in [0.15, 0.2) is 15.3 Å². The van der Waals surface area contributed by atoms with Crippen LogP contribution in [0.25, 0.3) is 0 Å². The van der Waals surface area contributed by atoms with Crippen molar-refractivity contribution in [2.24, 2.45) is 0 Å². The Kier molecular flexibility index (Phi) is 1.62. The Morgan fingerprint density at radius 3 is 2.40 bits per heavy atom. The quantitative estimate of drug-likeness (QED) is 0.544. The van der Waals surface area contributed by atoms with E-state index >= 15 is 0 Å². The summed E-state index contributed by atoms with van der Waals surface area (Å²) in [5.74, 6) is 0.674. The van der Waals surface area contributed by atoms with Gasteiger partial charge >= 0.3 is 5.63 Å². The molecule has 0 aromatic carbocycles. The molecule has 0 atom stereocenters. The van der Waals surface area contributed by atoms with Crippen molar-refractivity contribution in [1.82, 2.24) is 0 Å². The van der Waals surface area contributed by atoms with Crippen molar-refractivity contribution in [3.63, 3.8) is 0 Å². The standard InChI is InChI=1S/C8H10O2/c1-5-4-6(2)10-8(9)7(5)3/h4H,1-3H3. The van der Waals surface area contributed by atoms with Gasteiger partial charge in [-0.15, -0.1) is 0 Å². The van der Waals surface area contributed by atoms with Gasteiger partial charge in [0.25, 0.3) is 0 Å². The van der Waals surface area contributed by atoms with Crippen LogP contribution in [0.3, 0.4) is 0 Å². The molecule has 0 saturated heterocycles. The van der Waals surface area contributed by atoms with E-state index in [1.54, 1.807) is 13.8 Å². The summed E-state index contributed by atoms with van der Waals surface area (Å²) < 4.78 is 4.83. The highest BCUT2D eigenvalue weighted by atomic mass is 16.4. The minimum Gasteiger partial charge on any atom is -0.428 e. The number of aryl methyl sites for hydroxylation is 2. The molecular formula is C8H10O2. The molecule has 0 N–H and O–H groups in total. The maximum absolute atomic E-state index is 10.9. The molecule has 0 bridgehead atoms. The van der Waals surface area contributed by atoms with Crippen LogP contribution in [0, 0.1) is 20.8 Å². The molecule has 2 heteroatoms. The Bertz CT molecular complexity index is 297. The molecule has 1 aromatic rings. The molecule has 0 aliphatic heterocycles. The highest BCUT2D eigenvalue weighted by Gasteiger charge is 1.99. The SMILES string of the molecule is Cc1cc(C)c(C)c(=O)o1. The third-order valence-corrected chi connectivity index (χ3v) is 1.57. The van der Waals surface area contributed by atoms with Crippen LogP contribution in [0.2, 0.25) is 0 Å². The lowest BCUT2D eigenvalue weighted by Gasteiger charge is -1.96. The van der Waals surface area contributed by atoms with E-state index < -0.39 is 0 Å². The fraction of sp³-hybridized carbons (Fsp3) is 0.375. The maximum Gasteiger partial charge on any atom is 0.339 e. The van der Waals surface area contributed by atoms with Gasteiger partial charge in [0.1, 0.15) is 5.76 Å². The minimum atomic E-state index is -0.225. The average Bonchev–Trinajstić information content (AvgIpc) is 1.82. The van der Waals surface area contributed by atoms with Crippen molar-refractivity contribution in [2.45, 2.75) is 20.8 Å². The first-order chi connectivity index (χ1) is 4.61. The van der Waals surface area contributed by atoms with Gasteiger partial charge in [0.2, 0.25) is 0 Å². The van der Waals surface area contributed by atoms with Crippen LogP contribution >= 0.6 is 0 Å². The van der Waals surface area contributed by atoms with Gasteiger partial charge in [-0.05, 0) is 32.4 Å². The predicted molar refractivity (Wildman–Crippen MR) is 39.2 cm³/mol. The number of hydrogen-bond acceptors (Lipinski definition) is 2. The Morgan fingerprint density at radius 2 is 1.90 bits per heavy atom. The van der Waals surface area contributed by atoms with E-state index in [0.717, 1.165) is 5.56 Å². The smallest absolute Gasteiger partial charge is 0.339 e. The van der Waals surface area contributed by atoms with Crippen molar-refractivity contribution in [1.29, 1.82) is 0 Å². The summed E-state index contributed by atoms with van der Waals surface area (Å²) in [6, 6.07) is 1.86. The third-order valence-electron chi connectivity index (χ3n) is 1.57. The molecule has 0 radical (unpaired) electrons. The van der Waals surface area contributed by atoms with Gasteiger partial charge in [0, 0.05) is 5.56 Å². The summed E-state index contributed by atoms with van der Waals surface area (Å²) >= 11 is 0. The van der Waals surface area contributed by atoms with Gasteiger partial charge < -0.3 is 4.42 Å². The Balaban J connectivity index is 3.46. The Hall–Kier alpha value is -1.05. The van der Waals surface area contributed by atoms with Crippen LogP contribution in [-0.2, 0) is 0 Å². The van der Waals surface area contributed by atoms with Gasteiger partial charge in [-0.1, -0.05) is 0 Å². The van der Waals surface area contributed by atoms with Crippen molar-refractivity contribution in [2.75, 3.05) is 0 Å². The highest BCUT2D eigenvalue weighted by molar-refractivity contribution is 5.20. The summed E-state index contributed by atoms with van der Waals surface area (Å²) in [7, 11) is 0. The lowest BCUT2D eigenvalue weighted by molar-refractivity contribution is 0.474. The van der Waals surface area contributed by atoms with Gasteiger partial charge in [-0.25, -0.2) is 4.79 Å². The summed E-state index contributed by atoms with van der Waals surface area (Å²) in [6.45, 7) is 5.44. The van der Waals surface area contributed by atoms with Crippen molar-refractivity contribution < 1.29 is 4.42 Å². The molecule has 0 fully saturated rings. The van der Waals surface area contributed by atoms with Gasteiger partial charge in [-0.3, -0.25) is 0 Å². The van der Waals surface area contributed by atoms with E-state index in [0.29, 0.717) is 11.3 Å². The zero-order valence-corrected chi connectivity index (χ0v) is 6.39. The molecule has 0 saturated carbocycles. The summed E-state index contributed by atoms with van der Waals surface area (Å²) in [4.78, 5) is 10.9. The number of rotatable bonds is 0. The normalized spacial score (nSPS) is 9.90. The molecule has 1 rings (SSSR count). The topological polar surface area (TPSA) is 30.2 Å². The maximum atomic E-state index is 10.9. The molecule has 0 unspecified atom stereocenters. The van der Waals surface area contributed by atoms with Gasteiger partial charge in [0.15, 0.2) is 0 Å². The molecule has 1 heterocycles. The zero-order valence-electron chi connectivity index (χ0n) is 6.39. The van der Waals surface area contributed by atoms with E-state index in [2.05, 4.69) is 0 Å². The fourth-order valence-electron chi connectivity index (χ4n) is 0.826. The van der Waals surface area contributed by atoms with E-state index in [-0.39, 0.29) is 5.63 Å².